The minimum atomic E-state index is -0.990. The number of carbonyl (C=O) groups is 1. The first-order valence-corrected chi connectivity index (χ1v) is 12.3. The van der Waals surface area contributed by atoms with Crippen LogP contribution in [0.25, 0.3) is 0 Å². The van der Waals surface area contributed by atoms with E-state index in [2.05, 4.69) is 11.8 Å². The standard InChI is InChI=1S/C29H35NO5/c1-22(24-11-9-23(10-12-24)13-14-28(33)16-19-34-20-17-28)30-18-15-29(35-26(30)31,21-27(2,3)32)25-7-5-4-6-8-25/h4-12,22,32-33H,15-21H2,1-3H3/t22-,29-/m0/s1. The smallest absolute Gasteiger partial charge is 0.411 e. The van der Waals surface area contributed by atoms with Crippen molar-refractivity contribution in [2.75, 3.05) is 19.8 Å². The summed E-state index contributed by atoms with van der Waals surface area (Å²) in [5.74, 6) is 6.07. The summed E-state index contributed by atoms with van der Waals surface area (Å²) in [6.45, 7) is 7.03. The van der Waals surface area contributed by atoms with Gasteiger partial charge in [0.25, 0.3) is 0 Å². The lowest BCUT2D eigenvalue weighted by Gasteiger charge is -2.45. The number of ether oxygens (including phenoxy) is 2. The first kappa shape index (κ1) is 25.2. The number of amides is 1. The Hall–Kier alpha value is -2.85. The number of carbonyl (C=O) groups excluding carboxylic acids is 1. The number of nitrogens with zero attached hydrogens (tertiary/aromatic N) is 1. The number of rotatable bonds is 5. The molecule has 0 saturated carbocycles. The molecule has 2 aliphatic rings. The predicted octanol–water partition coefficient (Wildman–Crippen LogP) is 4.54. The lowest BCUT2D eigenvalue weighted by molar-refractivity contribution is -0.101. The molecule has 6 nitrogen and oxygen atoms in total. The van der Waals surface area contributed by atoms with Gasteiger partial charge in [0.2, 0.25) is 0 Å². The molecular weight excluding hydrogens is 442 g/mol. The molecule has 2 atom stereocenters. The summed E-state index contributed by atoms with van der Waals surface area (Å²) in [5.41, 5.74) is -0.148. The van der Waals surface area contributed by atoms with Gasteiger partial charge in [-0.25, -0.2) is 4.79 Å². The zero-order valence-electron chi connectivity index (χ0n) is 20.8. The number of hydrogen-bond donors (Lipinski definition) is 2. The second-order valence-electron chi connectivity index (χ2n) is 10.4. The van der Waals surface area contributed by atoms with Crippen LogP contribution in [-0.4, -0.2) is 52.2 Å². The van der Waals surface area contributed by atoms with Gasteiger partial charge < -0.3 is 24.6 Å². The molecule has 4 rings (SSSR count). The summed E-state index contributed by atoms with van der Waals surface area (Å²) >= 11 is 0. The van der Waals surface area contributed by atoms with Crippen molar-refractivity contribution in [1.82, 2.24) is 4.90 Å². The van der Waals surface area contributed by atoms with Crippen molar-refractivity contribution in [2.45, 2.75) is 69.3 Å². The van der Waals surface area contributed by atoms with Crippen molar-refractivity contribution in [2.24, 2.45) is 0 Å². The van der Waals surface area contributed by atoms with E-state index >= 15 is 0 Å². The van der Waals surface area contributed by atoms with Gasteiger partial charge in [0.1, 0.15) is 11.2 Å². The van der Waals surface area contributed by atoms with E-state index in [4.69, 9.17) is 9.47 Å². The Bertz CT molecular complexity index is 1070. The molecule has 2 N–H and O–H groups in total. The molecule has 2 aliphatic heterocycles. The van der Waals surface area contributed by atoms with Gasteiger partial charge in [-0.1, -0.05) is 54.3 Å². The number of hydrogen-bond acceptors (Lipinski definition) is 5. The van der Waals surface area contributed by atoms with Gasteiger partial charge in [-0.3, -0.25) is 0 Å². The third kappa shape index (κ3) is 6.05. The highest BCUT2D eigenvalue weighted by atomic mass is 16.6. The van der Waals surface area contributed by atoms with Gasteiger partial charge in [-0.15, -0.1) is 0 Å². The average Bonchev–Trinajstić information content (AvgIpc) is 2.83. The Balaban J connectivity index is 1.47. The quantitative estimate of drug-likeness (QED) is 0.618. The van der Waals surface area contributed by atoms with Crippen LogP contribution in [0.3, 0.4) is 0 Å². The zero-order chi connectivity index (χ0) is 25.1. The van der Waals surface area contributed by atoms with Crippen molar-refractivity contribution in [3.05, 3.63) is 71.3 Å². The molecule has 6 heteroatoms. The van der Waals surface area contributed by atoms with Crippen molar-refractivity contribution in [1.29, 1.82) is 0 Å². The molecule has 2 heterocycles. The van der Waals surface area contributed by atoms with Crippen LogP contribution in [0.4, 0.5) is 4.79 Å². The third-order valence-corrected chi connectivity index (χ3v) is 6.91. The minimum absolute atomic E-state index is 0.180. The maximum Gasteiger partial charge on any atom is 0.411 e. The van der Waals surface area contributed by atoms with Crippen LogP contribution in [0.15, 0.2) is 54.6 Å². The number of aliphatic hydroxyl groups is 2. The highest BCUT2D eigenvalue weighted by molar-refractivity contribution is 5.70. The molecule has 0 radical (unpaired) electrons. The molecule has 0 unspecified atom stereocenters. The van der Waals surface area contributed by atoms with E-state index in [0.29, 0.717) is 45.4 Å². The fraction of sp³-hybridized carbons (Fsp3) is 0.483. The molecule has 0 aromatic heterocycles. The van der Waals surface area contributed by atoms with Crippen LogP contribution < -0.4 is 0 Å². The monoisotopic (exact) mass is 477 g/mol. The van der Waals surface area contributed by atoms with Gasteiger partial charge in [-0.2, -0.15) is 0 Å². The summed E-state index contributed by atoms with van der Waals surface area (Å²) in [6, 6.07) is 17.3. The van der Waals surface area contributed by atoms with Crippen molar-refractivity contribution >= 4 is 6.09 Å². The summed E-state index contributed by atoms with van der Waals surface area (Å²) < 4.78 is 11.4. The van der Waals surface area contributed by atoms with Crippen LogP contribution in [0.1, 0.15) is 69.2 Å². The molecule has 2 aromatic carbocycles. The van der Waals surface area contributed by atoms with Crippen LogP contribution in [0.5, 0.6) is 0 Å². The topological polar surface area (TPSA) is 79.2 Å². The van der Waals surface area contributed by atoms with Gasteiger partial charge in [-0.05, 0) is 44.0 Å². The molecule has 2 fully saturated rings. The van der Waals surface area contributed by atoms with Crippen LogP contribution in [0.2, 0.25) is 0 Å². The lowest BCUT2D eigenvalue weighted by Crippen LogP contribution is -2.51. The molecule has 2 saturated heterocycles. The van der Waals surface area contributed by atoms with E-state index in [-0.39, 0.29) is 12.1 Å². The minimum Gasteiger partial charge on any atom is -0.438 e. The summed E-state index contributed by atoms with van der Waals surface area (Å²) in [4.78, 5) is 15.0. The molecule has 186 valence electrons. The fourth-order valence-corrected chi connectivity index (χ4v) is 4.94. The van der Waals surface area contributed by atoms with Crippen molar-refractivity contribution in [3.63, 3.8) is 0 Å². The van der Waals surface area contributed by atoms with Gasteiger partial charge in [0, 0.05) is 37.8 Å². The van der Waals surface area contributed by atoms with Gasteiger partial charge in [0.15, 0.2) is 0 Å². The first-order chi connectivity index (χ1) is 16.6. The number of benzene rings is 2. The molecule has 0 bridgehead atoms. The molecule has 2 aromatic rings. The van der Waals surface area contributed by atoms with E-state index in [1.807, 2.05) is 61.5 Å². The Morgan fingerprint density at radius 2 is 1.71 bits per heavy atom. The average molecular weight is 478 g/mol. The molecule has 35 heavy (non-hydrogen) atoms. The maximum atomic E-state index is 13.2. The van der Waals surface area contributed by atoms with E-state index < -0.39 is 16.8 Å². The van der Waals surface area contributed by atoms with Crippen LogP contribution >= 0.6 is 0 Å². The second kappa shape index (κ2) is 10.0. The predicted molar refractivity (Wildman–Crippen MR) is 134 cm³/mol. The molecular formula is C29H35NO5. The SMILES string of the molecule is C[C@@H](c1ccc(C#CC2(O)CCOCC2)cc1)N1CC[C@](CC(C)(C)O)(c2ccccc2)OC1=O. The normalized spacial score (nSPS) is 23.1. The van der Waals surface area contributed by atoms with Crippen molar-refractivity contribution < 1.29 is 24.5 Å². The molecule has 0 spiro atoms. The third-order valence-electron chi connectivity index (χ3n) is 6.91. The second-order valence-corrected chi connectivity index (χ2v) is 10.4. The first-order valence-electron chi connectivity index (χ1n) is 12.3. The molecule has 1 amide bonds. The highest BCUT2D eigenvalue weighted by Crippen LogP contribution is 2.42. The summed E-state index contributed by atoms with van der Waals surface area (Å²) in [7, 11) is 0. The number of cyclic esters (lactones) is 1. The van der Waals surface area contributed by atoms with Crippen LogP contribution in [0, 0.1) is 11.8 Å². The van der Waals surface area contributed by atoms with Crippen LogP contribution in [-0.2, 0) is 15.1 Å². The Kier molecular flexibility index (Phi) is 7.23. The molecule has 0 aliphatic carbocycles. The lowest BCUT2D eigenvalue weighted by atomic mass is 9.80. The maximum absolute atomic E-state index is 13.2. The van der Waals surface area contributed by atoms with E-state index in [0.717, 1.165) is 16.7 Å². The fourth-order valence-electron chi connectivity index (χ4n) is 4.94. The Labute approximate surface area is 207 Å². The largest absolute Gasteiger partial charge is 0.438 e. The Morgan fingerprint density at radius 3 is 2.31 bits per heavy atom. The van der Waals surface area contributed by atoms with Gasteiger partial charge >= 0.3 is 6.09 Å². The van der Waals surface area contributed by atoms with Crippen molar-refractivity contribution in [3.8, 4) is 11.8 Å². The van der Waals surface area contributed by atoms with E-state index in [1.165, 1.54) is 0 Å². The Morgan fingerprint density at radius 1 is 1.06 bits per heavy atom. The highest BCUT2D eigenvalue weighted by Gasteiger charge is 2.46. The zero-order valence-corrected chi connectivity index (χ0v) is 20.8. The van der Waals surface area contributed by atoms with E-state index in [1.54, 1.807) is 18.7 Å². The summed E-state index contributed by atoms with van der Waals surface area (Å²) in [6.07, 6.45) is 1.56. The summed E-state index contributed by atoms with van der Waals surface area (Å²) in [5, 5.41) is 21.1. The van der Waals surface area contributed by atoms with E-state index in [9.17, 15) is 15.0 Å². The van der Waals surface area contributed by atoms with Gasteiger partial charge in [0.05, 0.1) is 24.9 Å².